The molecule has 0 aliphatic rings. The Balaban J connectivity index is 2.37. The number of aliphatic carboxylic acids is 1. The van der Waals surface area contributed by atoms with Crippen molar-refractivity contribution in [2.75, 3.05) is 6.61 Å². The van der Waals surface area contributed by atoms with E-state index in [0.717, 1.165) is 18.6 Å². The fourth-order valence-corrected chi connectivity index (χ4v) is 1.94. The van der Waals surface area contributed by atoms with Crippen LogP contribution >= 0.6 is 12.1 Å². The molecule has 10 heteroatoms. The van der Waals surface area contributed by atoms with E-state index >= 15 is 0 Å². The lowest BCUT2D eigenvalue weighted by atomic mass is 10.0. The molecular formula is C11H21N5O4S. The average Bonchev–Trinajstić information content (AvgIpc) is 2.94. The van der Waals surface area contributed by atoms with Crippen LogP contribution in [0.5, 0.6) is 0 Å². The van der Waals surface area contributed by atoms with Gasteiger partial charge in [0.15, 0.2) is 0 Å². The minimum atomic E-state index is -1.13. The highest BCUT2D eigenvalue weighted by Crippen LogP contribution is 2.20. The van der Waals surface area contributed by atoms with Crippen molar-refractivity contribution in [2.45, 2.75) is 38.9 Å². The molecule has 0 aromatic carbocycles. The molecule has 3 unspecified atom stereocenters. The highest BCUT2D eigenvalue weighted by molar-refractivity contribution is 7.95. The van der Waals surface area contributed by atoms with Crippen LogP contribution in [0.25, 0.3) is 0 Å². The molecule has 120 valence electrons. The van der Waals surface area contributed by atoms with E-state index in [2.05, 4.69) is 19.6 Å². The molecule has 0 fully saturated rings. The predicted molar refractivity (Wildman–Crippen MR) is 76.8 cm³/mol. The van der Waals surface area contributed by atoms with Crippen molar-refractivity contribution in [1.29, 1.82) is 0 Å². The lowest BCUT2D eigenvalue weighted by Gasteiger charge is -2.13. The van der Waals surface area contributed by atoms with Gasteiger partial charge in [0.25, 0.3) is 0 Å². The van der Waals surface area contributed by atoms with Gasteiger partial charge in [0.1, 0.15) is 6.04 Å². The molecule has 0 saturated heterocycles. The Morgan fingerprint density at radius 3 is 2.81 bits per heavy atom. The molecule has 6 N–H and O–H groups in total. The largest absolute Gasteiger partial charge is 0.480 e. The molecule has 0 aliphatic carbocycles. The number of carboxylic acids is 1. The molecule has 21 heavy (non-hydrogen) atoms. The van der Waals surface area contributed by atoms with E-state index in [9.17, 15) is 4.79 Å². The minimum absolute atomic E-state index is 0.239. The molecule has 9 nitrogen and oxygen atoms in total. The molecule has 1 rings (SSSR count). The third kappa shape index (κ3) is 5.59. The summed E-state index contributed by atoms with van der Waals surface area (Å²) in [6, 6.07) is -1.34. The smallest absolute Gasteiger partial charge is 0.324 e. The third-order valence-electron chi connectivity index (χ3n) is 3.00. The number of hydrogen-bond acceptors (Lipinski definition) is 9. The second-order valence-corrected chi connectivity index (χ2v) is 5.29. The van der Waals surface area contributed by atoms with Crippen molar-refractivity contribution >= 4 is 18.1 Å². The van der Waals surface area contributed by atoms with E-state index in [-0.39, 0.29) is 18.5 Å². The van der Waals surface area contributed by atoms with E-state index in [1.54, 1.807) is 0 Å². The molecule has 0 radical (unpaired) electrons. The zero-order valence-corrected chi connectivity index (χ0v) is 12.8. The van der Waals surface area contributed by atoms with Crippen LogP contribution in [0.15, 0.2) is 4.42 Å². The van der Waals surface area contributed by atoms with Gasteiger partial charge in [-0.2, -0.15) is 0 Å². The summed E-state index contributed by atoms with van der Waals surface area (Å²) in [6.07, 6.45) is 0.911. The molecule has 0 saturated carbocycles. The number of hydrogen-bond donors (Lipinski definition) is 5. The standard InChI is InChI=1S/C11H21N5O4S/c1-3-6(2)9(12)10-15-14-8(20-10)4-13-21-16-7(5-17)11(18)19/h6-7,9,13,16-17H,3-5,12H2,1-2H3,(H,18,19). The summed E-state index contributed by atoms with van der Waals surface area (Å²) in [7, 11) is 0. The van der Waals surface area contributed by atoms with Gasteiger partial charge in [-0.05, 0) is 5.92 Å². The number of carbonyl (C=O) groups is 1. The van der Waals surface area contributed by atoms with Gasteiger partial charge in [0.05, 0.1) is 19.2 Å². The SMILES string of the molecule is CCC(C)C(N)c1nnc(CNSNC(CO)C(=O)O)o1. The van der Waals surface area contributed by atoms with Crippen LogP contribution < -0.4 is 15.2 Å². The Hall–Kier alpha value is -1.20. The van der Waals surface area contributed by atoms with Crippen molar-refractivity contribution in [3.63, 3.8) is 0 Å². The average molecular weight is 319 g/mol. The van der Waals surface area contributed by atoms with Crippen LogP contribution in [0, 0.1) is 5.92 Å². The molecule has 1 heterocycles. The summed E-state index contributed by atoms with van der Waals surface area (Å²) < 4.78 is 10.8. The van der Waals surface area contributed by atoms with Crippen LogP contribution in [0.1, 0.15) is 38.1 Å². The van der Waals surface area contributed by atoms with Gasteiger partial charge < -0.3 is 20.4 Å². The minimum Gasteiger partial charge on any atom is -0.480 e. The fraction of sp³-hybridized carbons (Fsp3) is 0.727. The summed E-state index contributed by atoms with van der Waals surface area (Å²) in [5.74, 6) is -0.151. The van der Waals surface area contributed by atoms with Gasteiger partial charge in [-0.15, -0.1) is 10.2 Å². The van der Waals surface area contributed by atoms with Crippen LogP contribution in [-0.4, -0.2) is 39.0 Å². The maximum absolute atomic E-state index is 10.6. The van der Waals surface area contributed by atoms with Crippen molar-refractivity contribution in [2.24, 2.45) is 11.7 Å². The molecule has 0 bridgehead atoms. The van der Waals surface area contributed by atoms with Gasteiger partial charge in [-0.1, -0.05) is 20.3 Å². The predicted octanol–water partition coefficient (Wildman–Crippen LogP) is -0.197. The lowest BCUT2D eigenvalue weighted by Crippen LogP contribution is -2.37. The van der Waals surface area contributed by atoms with E-state index in [1.165, 1.54) is 0 Å². The second kappa shape index (κ2) is 8.95. The van der Waals surface area contributed by atoms with Crippen molar-refractivity contribution in [3.05, 3.63) is 11.8 Å². The monoisotopic (exact) mass is 319 g/mol. The first kappa shape index (κ1) is 17.9. The van der Waals surface area contributed by atoms with E-state index in [4.69, 9.17) is 20.4 Å². The van der Waals surface area contributed by atoms with Gasteiger partial charge in [-0.25, -0.2) is 9.44 Å². The number of nitrogens with one attached hydrogen (secondary N) is 2. The molecular weight excluding hydrogens is 298 g/mol. The summed E-state index contributed by atoms with van der Waals surface area (Å²) >= 11 is 0.938. The van der Waals surface area contributed by atoms with E-state index < -0.39 is 18.6 Å². The van der Waals surface area contributed by atoms with Gasteiger partial charge in [0, 0.05) is 12.1 Å². The Kier molecular flexibility index (Phi) is 7.61. The molecule has 3 atom stereocenters. The first-order chi connectivity index (χ1) is 9.99. The quantitative estimate of drug-likeness (QED) is 0.290. The van der Waals surface area contributed by atoms with Crippen molar-refractivity contribution in [3.8, 4) is 0 Å². The molecule has 1 aromatic rings. The Morgan fingerprint density at radius 2 is 2.24 bits per heavy atom. The Morgan fingerprint density at radius 1 is 1.52 bits per heavy atom. The summed E-state index contributed by atoms with van der Waals surface area (Å²) in [4.78, 5) is 10.6. The van der Waals surface area contributed by atoms with Crippen LogP contribution in [0.2, 0.25) is 0 Å². The summed E-state index contributed by atoms with van der Waals surface area (Å²) in [5.41, 5.74) is 5.98. The number of aliphatic hydroxyl groups is 1. The van der Waals surface area contributed by atoms with Crippen LogP contribution in [0.3, 0.4) is 0 Å². The van der Waals surface area contributed by atoms with E-state index in [1.807, 2.05) is 13.8 Å². The zero-order valence-electron chi connectivity index (χ0n) is 11.9. The molecule has 0 amide bonds. The number of carboxylic acid groups (broad SMARTS) is 1. The maximum Gasteiger partial charge on any atom is 0.324 e. The highest BCUT2D eigenvalue weighted by Gasteiger charge is 2.20. The molecule has 0 aliphatic heterocycles. The number of nitrogens with zero attached hydrogens (tertiary/aromatic N) is 2. The van der Waals surface area contributed by atoms with Crippen LogP contribution in [-0.2, 0) is 11.3 Å². The number of nitrogens with two attached hydrogens (primary N) is 1. The Labute approximate surface area is 127 Å². The zero-order chi connectivity index (χ0) is 15.8. The maximum atomic E-state index is 10.6. The number of aliphatic hydroxyl groups excluding tert-OH is 1. The first-order valence-electron chi connectivity index (χ1n) is 6.55. The van der Waals surface area contributed by atoms with Gasteiger partial charge >= 0.3 is 5.97 Å². The summed E-state index contributed by atoms with van der Waals surface area (Å²) in [6.45, 7) is 3.79. The first-order valence-corrected chi connectivity index (χ1v) is 7.36. The van der Waals surface area contributed by atoms with Crippen LogP contribution in [0.4, 0.5) is 0 Å². The number of aromatic nitrogens is 2. The lowest BCUT2D eigenvalue weighted by molar-refractivity contribution is -0.139. The normalized spacial score (nSPS) is 15.6. The van der Waals surface area contributed by atoms with Crippen molar-refractivity contribution < 1.29 is 19.4 Å². The second-order valence-electron chi connectivity index (χ2n) is 4.56. The number of rotatable bonds is 10. The van der Waals surface area contributed by atoms with E-state index in [0.29, 0.717) is 11.8 Å². The topological polar surface area (TPSA) is 147 Å². The fourth-order valence-electron chi connectivity index (χ4n) is 1.35. The molecule has 1 aromatic heterocycles. The van der Waals surface area contributed by atoms with Gasteiger partial charge in [0.2, 0.25) is 11.8 Å². The van der Waals surface area contributed by atoms with Crippen molar-refractivity contribution in [1.82, 2.24) is 19.6 Å². The molecule has 0 spiro atoms. The van der Waals surface area contributed by atoms with Gasteiger partial charge in [-0.3, -0.25) is 4.79 Å². The highest BCUT2D eigenvalue weighted by atomic mass is 32.2. The third-order valence-corrected chi connectivity index (χ3v) is 3.69. The summed E-state index contributed by atoms with van der Waals surface area (Å²) in [5, 5.41) is 25.3. The Bertz CT molecular complexity index is 444.